The normalized spacial score (nSPS) is 11.6. The molecule has 1 rings (SSSR count). The van der Waals surface area contributed by atoms with Gasteiger partial charge in [0.1, 0.15) is 5.75 Å². The molecule has 16 heavy (non-hydrogen) atoms. The molecule has 0 fully saturated rings. The van der Waals surface area contributed by atoms with E-state index in [1.807, 2.05) is 6.07 Å². The van der Waals surface area contributed by atoms with Crippen LogP contribution in [0.25, 0.3) is 0 Å². The number of rotatable bonds is 4. The molecular formula is C12H14O4. The van der Waals surface area contributed by atoms with Crippen LogP contribution in [0.4, 0.5) is 0 Å². The van der Waals surface area contributed by atoms with Crippen molar-refractivity contribution in [1.29, 1.82) is 0 Å². The molecule has 0 amide bonds. The van der Waals surface area contributed by atoms with E-state index in [0.717, 1.165) is 0 Å². The molecule has 1 aromatic rings. The van der Waals surface area contributed by atoms with Gasteiger partial charge in [0, 0.05) is 6.92 Å². The predicted octanol–water partition coefficient (Wildman–Crippen LogP) is 1.93. The summed E-state index contributed by atoms with van der Waals surface area (Å²) in [6.45, 7) is 3.01. The lowest BCUT2D eigenvalue weighted by atomic mass is 10.3. The minimum atomic E-state index is -0.835. The highest BCUT2D eigenvalue weighted by molar-refractivity contribution is 5.80. The Morgan fingerprint density at radius 2 is 1.88 bits per heavy atom. The van der Waals surface area contributed by atoms with E-state index >= 15 is 0 Å². The second kappa shape index (κ2) is 5.90. The van der Waals surface area contributed by atoms with Crippen molar-refractivity contribution in [1.82, 2.24) is 0 Å². The molecule has 0 saturated heterocycles. The first-order chi connectivity index (χ1) is 7.63. The van der Waals surface area contributed by atoms with Crippen molar-refractivity contribution in [2.24, 2.45) is 0 Å². The van der Waals surface area contributed by atoms with E-state index in [4.69, 9.17) is 9.47 Å². The molecule has 0 spiro atoms. The fourth-order valence-corrected chi connectivity index (χ4v) is 1.17. The van der Waals surface area contributed by atoms with Crippen molar-refractivity contribution in [3.63, 3.8) is 0 Å². The van der Waals surface area contributed by atoms with Crippen LogP contribution in [0.3, 0.4) is 0 Å². The molecule has 0 saturated carbocycles. The van der Waals surface area contributed by atoms with Crippen molar-refractivity contribution in [3.8, 4) is 5.75 Å². The Hall–Kier alpha value is -1.84. The summed E-state index contributed by atoms with van der Waals surface area (Å²) in [5.41, 5.74) is 0. The van der Waals surface area contributed by atoms with E-state index in [1.165, 1.54) is 6.92 Å². The summed E-state index contributed by atoms with van der Waals surface area (Å²) >= 11 is 0. The average molecular weight is 222 g/mol. The first-order valence-corrected chi connectivity index (χ1v) is 5.07. The van der Waals surface area contributed by atoms with Gasteiger partial charge in [0.2, 0.25) is 0 Å². The van der Waals surface area contributed by atoms with Crippen LogP contribution in [-0.2, 0) is 14.3 Å². The Labute approximate surface area is 94.2 Å². The lowest BCUT2D eigenvalue weighted by Crippen LogP contribution is -2.29. The Morgan fingerprint density at radius 3 is 2.38 bits per heavy atom. The minimum Gasteiger partial charge on any atom is -0.451 e. The van der Waals surface area contributed by atoms with E-state index in [-0.39, 0.29) is 0 Å². The summed E-state index contributed by atoms with van der Waals surface area (Å²) in [5.74, 6) is -0.598. The maximum Gasteiger partial charge on any atom is 0.352 e. The summed E-state index contributed by atoms with van der Waals surface area (Å²) in [6.07, 6.45) is -0.441. The van der Waals surface area contributed by atoms with Crippen LogP contribution in [0.2, 0.25) is 0 Å². The zero-order valence-corrected chi connectivity index (χ0v) is 9.30. The van der Waals surface area contributed by atoms with Crippen molar-refractivity contribution >= 4 is 11.9 Å². The van der Waals surface area contributed by atoms with Crippen molar-refractivity contribution < 1.29 is 19.1 Å². The van der Waals surface area contributed by atoms with Gasteiger partial charge >= 0.3 is 11.9 Å². The third-order valence-corrected chi connectivity index (χ3v) is 1.90. The van der Waals surface area contributed by atoms with Crippen LogP contribution in [0.15, 0.2) is 30.3 Å². The molecule has 1 unspecified atom stereocenters. The fraction of sp³-hybridized carbons (Fsp3) is 0.333. The van der Waals surface area contributed by atoms with Gasteiger partial charge in [0.15, 0.2) is 6.10 Å². The van der Waals surface area contributed by atoms with E-state index in [1.54, 1.807) is 31.2 Å². The average Bonchev–Trinajstić information content (AvgIpc) is 2.26. The second-order valence-electron chi connectivity index (χ2n) is 3.24. The zero-order chi connectivity index (χ0) is 12.0. The van der Waals surface area contributed by atoms with Crippen LogP contribution in [-0.4, -0.2) is 18.0 Å². The van der Waals surface area contributed by atoms with E-state index < -0.39 is 18.0 Å². The lowest BCUT2D eigenvalue weighted by Gasteiger charge is -2.13. The monoisotopic (exact) mass is 222 g/mol. The van der Waals surface area contributed by atoms with Gasteiger partial charge in [-0.3, -0.25) is 4.79 Å². The molecule has 0 heterocycles. The van der Waals surface area contributed by atoms with Gasteiger partial charge in [-0.25, -0.2) is 4.79 Å². The largest absolute Gasteiger partial charge is 0.451 e. The molecule has 86 valence electrons. The van der Waals surface area contributed by atoms with Crippen LogP contribution in [0.1, 0.15) is 20.3 Å². The van der Waals surface area contributed by atoms with Crippen molar-refractivity contribution in [3.05, 3.63) is 30.3 Å². The predicted molar refractivity (Wildman–Crippen MR) is 57.9 cm³/mol. The van der Waals surface area contributed by atoms with Gasteiger partial charge < -0.3 is 9.47 Å². The third kappa shape index (κ3) is 3.73. The second-order valence-corrected chi connectivity index (χ2v) is 3.24. The number of hydrogen-bond donors (Lipinski definition) is 0. The summed E-state index contributed by atoms with van der Waals surface area (Å²) in [7, 11) is 0. The standard InChI is InChI=1S/C12H14O4/c1-3-11(15-9(2)13)12(14)16-10-7-5-4-6-8-10/h4-8,11H,3H2,1-2H3. The summed E-state index contributed by atoms with van der Waals surface area (Å²) in [5, 5.41) is 0. The topological polar surface area (TPSA) is 52.6 Å². The molecule has 0 aliphatic rings. The third-order valence-electron chi connectivity index (χ3n) is 1.90. The van der Waals surface area contributed by atoms with Gasteiger partial charge in [-0.2, -0.15) is 0 Å². The molecule has 4 heteroatoms. The zero-order valence-electron chi connectivity index (χ0n) is 9.30. The van der Waals surface area contributed by atoms with Gasteiger partial charge in [-0.1, -0.05) is 25.1 Å². The molecule has 0 aliphatic heterocycles. The van der Waals surface area contributed by atoms with Crippen LogP contribution < -0.4 is 4.74 Å². The smallest absolute Gasteiger partial charge is 0.352 e. The van der Waals surface area contributed by atoms with Gasteiger partial charge in [-0.15, -0.1) is 0 Å². The Balaban J connectivity index is 2.59. The maximum atomic E-state index is 11.6. The molecule has 0 aliphatic carbocycles. The Morgan fingerprint density at radius 1 is 1.25 bits per heavy atom. The van der Waals surface area contributed by atoms with E-state index in [9.17, 15) is 9.59 Å². The SMILES string of the molecule is CCC(OC(C)=O)C(=O)Oc1ccccc1. The van der Waals surface area contributed by atoms with Crippen LogP contribution in [0, 0.1) is 0 Å². The number of carbonyl (C=O) groups excluding carboxylic acids is 2. The van der Waals surface area contributed by atoms with Crippen molar-refractivity contribution in [2.75, 3.05) is 0 Å². The van der Waals surface area contributed by atoms with Gasteiger partial charge in [0.25, 0.3) is 0 Å². The number of esters is 2. The minimum absolute atomic E-state index is 0.394. The number of ether oxygens (including phenoxy) is 2. The number of para-hydroxylation sites is 1. The number of carbonyl (C=O) groups is 2. The molecular weight excluding hydrogens is 208 g/mol. The molecule has 1 aromatic carbocycles. The molecule has 4 nitrogen and oxygen atoms in total. The Kier molecular flexibility index (Phi) is 4.51. The Bertz CT molecular complexity index is 359. The first kappa shape index (κ1) is 12.2. The number of hydrogen-bond acceptors (Lipinski definition) is 4. The summed E-state index contributed by atoms with van der Waals surface area (Å²) < 4.78 is 9.87. The molecule has 0 N–H and O–H groups in total. The van der Waals surface area contributed by atoms with Gasteiger partial charge in [0.05, 0.1) is 0 Å². The highest BCUT2D eigenvalue weighted by Gasteiger charge is 2.21. The van der Waals surface area contributed by atoms with E-state index in [0.29, 0.717) is 12.2 Å². The lowest BCUT2D eigenvalue weighted by molar-refractivity contribution is -0.160. The van der Waals surface area contributed by atoms with Crippen LogP contribution in [0.5, 0.6) is 5.75 Å². The van der Waals surface area contributed by atoms with Crippen LogP contribution >= 0.6 is 0 Å². The number of benzene rings is 1. The maximum absolute atomic E-state index is 11.6. The van der Waals surface area contributed by atoms with Crippen molar-refractivity contribution in [2.45, 2.75) is 26.4 Å². The molecule has 0 aromatic heterocycles. The summed E-state index contributed by atoms with van der Waals surface area (Å²) in [6, 6.07) is 8.67. The summed E-state index contributed by atoms with van der Waals surface area (Å²) in [4.78, 5) is 22.3. The quantitative estimate of drug-likeness (QED) is 0.577. The van der Waals surface area contributed by atoms with E-state index in [2.05, 4.69) is 0 Å². The molecule has 0 bridgehead atoms. The first-order valence-electron chi connectivity index (χ1n) is 5.07. The fourth-order valence-electron chi connectivity index (χ4n) is 1.17. The molecule has 0 radical (unpaired) electrons. The highest BCUT2D eigenvalue weighted by Crippen LogP contribution is 2.11. The molecule has 1 atom stereocenters. The highest BCUT2D eigenvalue weighted by atomic mass is 16.6. The van der Waals surface area contributed by atoms with Gasteiger partial charge in [-0.05, 0) is 18.6 Å².